The van der Waals surface area contributed by atoms with Crippen LogP contribution in [-0.2, 0) is 23.0 Å². The molecule has 3 N–H and O–H groups in total. The van der Waals surface area contributed by atoms with Crippen LogP contribution in [0.2, 0.25) is 0 Å². The number of fused-ring (bicyclic) bond motifs is 1. The van der Waals surface area contributed by atoms with Gasteiger partial charge in [-0.2, -0.15) is 5.10 Å². The molecule has 0 saturated heterocycles. The number of hydrogen-bond acceptors (Lipinski definition) is 5. The van der Waals surface area contributed by atoms with E-state index in [1.165, 1.54) is 4.90 Å². The fourth-order valence-electron chi connectivity index (χ4n) is 2.83. The van der Waals surface area contributed by atoms with Crippen LogP contribution in [0.15, 0.2) is 29.2 Å². The highest BCUT2D eigenvalue weighted by molar-refractivity contribution is 7.89. The third kappa shape index (κ3) is 3.95. The first-order valence-electron chi connectivity index (χ1n) is 8.47. The minimum atomic E-state index is -3.59. The number of rotatable bonds is 6. The molecule has 1 aliphatic heterocycles. The molecule has 0 saturated carbocycles. The summed E-state index contributed by atoms with van der Waals surface area (Å²) in [5, 5.41) is 10.3. The van der Waals surface area contributed by atoms with Crippen LogP contribution >= 0.6 is 0 Å². The van der Waals surface area contributed by atoms with E-state index in [4.69, 9.17) is 0 Å². The third-order valence-corrected chi connectivity index (χ3v) is 5.90. The Bertz CT molecular complexity index is 890. The maximum atomic E-state index is 12.6. The van der Waals surface area contributed by atoms with Gasteiger partial charge in [0, 0.05) is 50.9 Å². The molecule has 9 heteroatoms. The molecule has 1 amide bonds. The van der Waals surface area contributed by atoms with Gasteiger partial charge in [0.1, 0.15) is 0 Å². The van der Waals surface area contributed by atoms with E-state index in [0.29, 0.717) is 12.2 Å². The maximum absolute atomic E-state index is 12.6. The number of aryl methyl sites for hydroxylation is 1. The fourth-order valence-corrected chi connectivity index (χ4v) is 3.85. The van der Waals surface area contributed by atoms with Crippen LogP contribution < -0.4 is 10.0 Å². The summed E-state index contributed by atoms with van der Waals surface area (Å²) in [6.07, 6.45) is 0.815. The van der Waals surface area contributed by atoms with Crippen molar-refractivity contribution in [3.63, 3.8) is 0 Å². The lowest BCUT2D eigenvalue weighted by Gasteiger charge is -2.18. The predicted octanol–water partition coefficient (Wildman–Crippen LogP) is 0.414. The highest BCUT2D eigenvalue weighted by Crippen LogP contribution is 2.16. The van der Waals surface area contributed by atoms with Crippen molar-refractivity contribution in [1.82, 2.24) is 25.1 Å². The Hall–Kier alpha value is -2.23. The molecular weight excluding hydrogens is 354 g/mol. The summed E-state index contributed by atoms with van der Waals surface area (Å²) in [5.74, 6) is -0.222. The summed E-state index contributed by atoms with van der Waals surface area (Å²) in [5.41, 5.74) is 3.27. The average molecular weight is 377 g/mol. The highest BCUT2D eigenvalue weighted by atomic mass is 32.2. The first-order chi connectivity index (χ1) is 12.4. The summed E-state index contributed by atoms with van der Waals surface area (Å²) in [4.78, 5) is 14.3. The average Bonchev–Trinajstić information content (AvgIpc) is 3.05. The Balaban J connectivity index is 1.58. The quantitative estimate of drug-likeness (QED) is 0.676. The number of aromatic nitrogens is 2. The van der Waals surface area contributed by atoms with E-state index in [1.54, 1.807) is 31.3 Å². The Kier molecular flexibility index (Phi) is 5.40. The molecule has 0 radical (unpaired) electrons. The SMILES string of the molecule is Cc1ccc(S(=O)(=O)NCCN(C)C(=O)c2n[nH]c3c2CNCC3)cc1. The second-order valence-corrected chi connectivity index (χ2v) is 8.16. The van der Waals surface area contributed by atoms with Crippen LogP contribution in [-0.4, -0.2) is 56.1 Å². The number of nitrogens with zero attached hydrogens (tertiary/aromatic N) is 2. The van der Waals surface area contributed by atoms with Crippen molar-refractivity contribution in [2.45, 2.75) is 24.8 Å². The van der Waals surface area contributed by atoms with E-state index < -0.39 is 10.0 Å². The zero-order valence-electron chi connectivity index (χ0n) is 14.9. The van der Waals surface area contributed by atoms with Crippen LogP contribution in [0.1, 0.15) is 27.3 Å². The molecule has 0 unspecified atom stereocenters. The molecule has 1 aromatic carbocycles. The molecule has 0 spiro atoms. The third-order valence-electron chi connectivity index (χ3n) is 4.43. The normalized spacial score (nSPS) is 14.1. The summed E-state index contributed by atoms with van der Waals surface area (Å²) in [6.45, 7) is 3.75. The van der Waals surface area contributed by atoms with Crippen molar-refractivity contribution in [3.8, 4) is 0 Å². The molecule has 0 fully saturated rings. The number of benzene rings is 1. The van der Waals surface area contributed by atoms with Crippen LogP contribution in [0.25, 0.3) is 0 Å². The van der Waals surface area contributed by atoms with Crippen molar-refractivity contribution in [1.29, 1.82) is 0 Å². The topological polar surface area (TPSA) is 107 Å². The lowest BCUT2D eigenvalue weighted by molar-refractivity contribution is 0.0790. The Morgan fingerprint density at radius 3 is 2.77 bits per heavy atom. The van der Waals surface area contributed by atoms with Gasteiger partial charge in [0.2, 0.25) is 10.0 Å². The van der Waals surface area contributed by atoms with Crippen LogP contribution in [0.4, 0.5) is 0 Å². The number of carbonyl (C=O) groups excluding carboxylic acids is 1. The second-order valence-electron chi connectivity index (χ2n) is 6.39. The molecule has 0 bridgehead atoms. The first-order valence-corrected chi connectivity index (χ1v) is 9.95. The van der Waals surface area contributed by atoms with Gasteiger partial charge in [-0.25, -0.2) is 13.1 Å². The van der Waals surface area contributed by atoms with Gasteiger partial charge in [-0.3, -0.25) is 9.89 Å². The van der Waals surface area contributed by atoms with Gasteiger partial charge in [-0.05, 0) is 19.1 Å². The number of carbonyl (C=O) groups is 1. The molecule has 1 aliphatic rings. The van der Waals surface area contributed by atoms with Crippen molar-refractivity contribution in [3.05, 3.63) is 46.8 Å². The van der Waals surface area contributed by atoms with E-state index in [2.05, 4.69) is 20.2 Å². The second kappa shape index (κ2) is 7.56. The van der Waals surface area contributed by atoms with Gasteiger partial charge in [0.15, 0.2) is 5.69 Å². The number of likely N-dealkylation sites (N-methyl/N-ethyl adjacent to an activating group) is 1. The molecule has 26 heavy (non-hydrogen) atoms. The Morgan fingerprint density at radius 2 is 2.04 bits per heavy atom. The van der Waals surface area contributed by atoms with Crippen molar-refractivity contribution in [2.75, 3.05) is 26.7 Å². The highest BCUT2D eigenvalue weighted by Gasteiger charge is 2.24. The molecule has 0 atom stereocenters. The van der Waals surface area contributed by atoms with Crippen molar-refractivity contribution in [2.24, 2.45) is 0 Å². The Morgan fingerprint density at radius 1 is 1.31 bits per heavy atom. The zero-order chi connectivity index (χ0) is 18.7. The van der Waals surface area contributed by atoms with Gasteiger partial charge in [0.25, 0.3) is 5.91 Å². The molecule has 1 aromatic heterocycles. The van der Waals surface area contributed by atoms with E-state index in [1.807, 2.05) is 6.92 Å². The standard InChI is InChI=1S/C17H23N5O3S/c1-12-3-5-13(6-4-12)26(24,25)19-9-10-22(2)17(23)16-14-11-18-8-7-15(14)20-21-16/h3-6,18-19H,7-11H2,1-2H3,(H,20,21). The number of amides is 1. The monoisotopic (exact) mass is 377 g/mol. The zero-order valence-corrected chi connectivity index (χ0v) is 15.7. The molecule has 0 aliphatic carbocycles. The lowest BCUT2D eigenvalue weighted by Crippen LogP contribution is -2.37. The number of hydrogen-bond donors (Lipinski definition) is 3. The summed E-state index contributed by atoms with van der Waals surface area (Å²) in [7, 11) is -1.95. The molecule has 2 heterocycles. The molecule has 140 valence electrons. The minimum Gasteiger partial charge on any atom is -0.339 e. The molecule has 2 aromatic rings. The maximum Gasteiger partial charge on any atom is 0.274 e. The summed E-state index contributed by atoms with van der Waals surface area (Å²) < 4.78 is 27.1. The number of H-pyrrole nitrogens is 1. The number of aromatic amines is 1. The van der Waals surface area contributed by atoms with E-state index in [9.17, 15) is 13.2 Å². The van der Waals surface area contributed by atoms with E-state index >= 15 is 0 Å². The van der Waals surface area contributed by atoms with Gasteiger partial charge >= 0.3 is 0 Å². The lowest BCUT2D eigenvalue weighted by atomic mass is 10.1. The predicted molar refractivity (Wildman–Crippen MR) is 97.3 cm³/mol. The van der Waals surface area contributed by atoms with Crippen LogP contribution in [0.5, 0.6) is 0 Å². The number of nitrogens with one attached hydrogen (secondary N) is 3. The van der Waals surface area contributed by atoms with E-state index in [0.717, 1.165) is 29.8 Å². The fraction of sp³-hybridized carbons (Fsp3) is 0.412. The van der Waals surface area contributed by atoms with Crippen LogP contribution in [0, 0.1) is 6.92 Å². The van der Waals surface area contributed by atoms with Gasteiger partial charge < -0.3 is 10.2 Å². The van der Waals surface area contributed by atoms with Crippen LogP contribution in [0.3, 0.4) is 0 Å². The number of sulfonamides is 1. The summed E-state index contributed by atoms with van der Waals surface area (Å²) >= 11 is 0. The van der Waals surface area contributed by atoms with Crippen molar-refractivity contribution >= 4 is 15.9 Å². The molecule has 8 nitrogen and oxygen atoms in total. The van der Waals surface area contributed by atoms with Crippen molar-refractivity contribution < 1.29 is 13.2 Å². The van der Waals surface area contributed by atoms with Gasteiger partial charge in [-0.1, -0.05) is 17.7 Å². The Labute approximate surface area is 153 Å². The largest absolute Gasteiger partial charge is 0.339 e. The summed E-state index contributed by atoms with van der Waals surface area (Å²) in [6, 6.07) is 6.63. The van der Waals surface area contributed by atoms with Gasteiger partial charge in [-0.15, -0.1) is 0 Å². The first kappa shape index (κ1) is 18.6. The minimum absolute atomic E-state index is 0.128. The van der Waals surface area contributed by atoms with Gasteiger partial charge in [0.05, 0.1) is 4.90 Å². The molecule has 3 rings (SSSR count). The van der Waals surface area contributed by atoms with E-state index in [-0.39, 0.29) is 23.9 Å². The molecular formula is C17H23N5O3S. The smallest absolute Gasteiger partial charge is 0.274 e.